The molecular formula is C26H29N9S+2. The van der Waals surface area contributed by atoms with E-state index in [1.807, 2.05) is 48.6 Å². The van der Waals surface area contributed by atoms with E-state index in [9.17, 15) is 10.5 Å². The highest BCUT2D eigenvalue weighted by atomic mass is 32.1. The van der Waals surface area contributed by atoms with Crippen molar-refractivity contribution < 1.29 is 9.13 Å². The van der Waals surface area contributed by atoms with Gasteiger partial charge in [-0.3, -0.25) is 0 Å². The van der Waals surface area contributed by atoms with Gasteiger partial charge in [-0.25, -0.2) is 18.3 Å². The van der Waals surface area contributed by atoms with Crippen LogP contribution < -0.4 is 14.0 Å². The Kier molecular flexibility index (Phi) is 7.57. The van der Waals surface area contributed by atoms with E-state index >= 15 is 0 Å². The maximum atomic E-state index is 9.46. The van der Waals surface area contributed by atoms with Crippen molar-refractivity contribution in [1.29, 1.82) is 10.5 Å². The number of hydrogen-bond acceptors (Lipinski definition) is 6. The summed E-state index contributed by atoms with van der Waals surface area (Å²) in [4.78, 5) is 2.87. The molecule has 4 aromatic rings. The van der Waals surface area contributed by atoms with Gasteiger partial charge in [0.25, 0.3) is 0 Å². The van der Waals surface area contributed by atoms with E-state index < -0.39 is 0 Å². The fourth-order valence-electron chi connectivity index (χ4n) is 3.97. The third-order valence-corrected chi connectivity index (χ3v) is 7.12. The highest BCUT2D eigenvalue weighted by Crippen LogP contribution is 2.36. The molecule has 182 valence electrons. The van der Waals surface area contributed by atoms with Gasteiger partial charge in [0.1, 0.15) is 54.9 Å². The average Bonchev–Trinajstić information content (AvgIpc) is 3.56. The van der Waals surface area contributed by atoms with Gasteiger partial charge in [-0.15, -0.1) is 21.6 Å². The molecule has 0 atom stereocenters. The number of hydrogen-bond donors (Lipinski definition) is 0. The van der Waals surface area contributed by atoms with Gasteiger partial charge in [0.15, 0.2) is 5.00 Å². The summed E-state index contributed by atoms with van der Waals surface area (Å²) in [7, 11) is 4.05. The second-order valence-electron chi connectivity index (χ2n) is 8.75. The molecule has 0 aliphatic heterocycles. The maximum absolute atomic E-state index is 9.46. The average molecular weight is 500 g/mol. The molecule has 0 aliphatic rings. The van der Waals surface area contributed by atoms with Gasteiger partial charge in [0.05, 0.1) is 38.4 Å². The predicted molar refractivity (Wildman–Crippen MR) is 137 cm³/mol. The fraction of sp³-hybridized carbons (Fsp3) is 0.308. The zero-order chi connectivity index (χ0) is 25.7. The lowest BCUT2D eigenvalue weighted by molar-refractivity contribution is -0.671. The SMILES string of the molecule is Cc1cc(N(CCn2cc[n+](C)c2)CCn2cc[n+](C)c2)ccc1/N=N/c1sc(C#N)c(C)c1C#N. The molecule has 0 bridgehead atoms. The molecule has 0 N–H and O–H groups in total. The van der Waals surface area contributed by atoms with Crippen molar-refractivity contribution in [3.05, 3.63) is 77.2 Å². The Morgan fingerprint density at radius 1 is 0.944 bits per heavy atom. The van der Waals surface area contributed by atoms with Crippen LogP contribution in [-0.4, -0.2) is 22.2 Å². The number of aromatic nitrogens is 4. The summed E-state index contributed by atoms with van der Waals surface area (Å²) in [5.41, 5.74) is 3.93. The zero-order valence-electron chi connectivity index (χ0n) is 21.0. The van der Waals surface area contributed by atoms with Crippen LogP contribution in [0.2, 0.25) is 0 Å². The first-order valence-electron chi connectivity index (χ1n) is 11.6. The Balaban J connectivity index is 1.54. The van der Waals surface area contributed by atoms with Gasteiger partial charge in [0, 0.05) is 5.69 Å². The molecule has 0 saturated heterocycles. The van der Waals surface area contributed by atoms with Gasteiger partial charge in [-0.1, -0.05) is 0 Å². The third-order valence-electron chi connectivity index (χ3n) is 6.04. The number of imidazole rings is 2. The van der Waals surface area contributed by atoms with Crippen LogP contribution in [-0.2, 0) is 27.2 Å². The van der Waals surface area contributed by atoms with E-state index in [2.05, 4.69) is 73.6 Å². The fourth-order valence-corrected chi connectivity index (χ4v) is 4.84. The molecule has 0 amide bonds. The third kappa shape index (κ3) is 5.68. The standard InChI is InChI=1S/C26H29N9S/c1-20-15-22(5-6-24(20)29-30-26-23(16-27)21(2)25(17-28)36-26)35(13-11-33-9-7-31(3)18-33)14-12-34-10-8-32(4)19-34/h5-10,15,18-19H,11-14H2,1-4H3/q+2/b30-29+. The van der Waals surface area contributed by atoms with Crippen molar-refractivity contribution in [3.63, 3.8) is 0 Å². The number of thiophene rings is 1. The number of aryl methyl sites for hydroxylation is 3. The van der Waals surface area contributed by atoms with Gasteiger partial charge in [0.2, 0.25) is 12.7 Å². The number of azo groups is 1. The van der Waals surface area contributed by atoms with Crippen molar-refractivity contribution in [1.82, 2.24) is 9.13 Å². The van der Waals surface area contributed by atoms with Crippen molar-refractivity contribution >= 4 is 27.7 Å². The van der Waals surface area contributed by atoms with Gasteiger partial charge in [-0.2, -0.15) is 10.5 Å². The summed E-state index contributed by atoms with van der Waals surface area (Å²) in [6, 6.07) is 10.4. The first-order chi connectivity index (χ1) is 17.4. The molecule has 0 radical (unpaired) electrons. The van der Waals surface area contributed by atoms with Crippen LogP contribution in [0.4, 0.5) is 16.4 Å². The molecule has 3 aromatic heterocycles. The molecule has 0 spiro atoms. The maximum Gasteiger partial charge on any atom is 0.243 e. The second kappa shape index (κ2) is 11.0. The van der Waals surface area contributed by atoms with E-state index in [-0.39, 0.29) is 0 Å². The number of benzene rings is 1. The molecule has 0 unspecified atom stereocenters. The Labute approximate surface area is 215 Å². The van der Waals surface area contributed by atoms with Crippen LogP contribution in [0.1, 0.15) is 21.6 Å². The van der Waals surface area contributed by atoms with Crippen LogP contribution in [0.5, 0.6) is 0 Å². The Bertz CT molecular complexity index is 1430. The lowest BCUT2D eigenvalue weighted by Crippen LogP contribution is -2.31. The summed E-state index contributed by atoms with van der Waals surface area (Å²) >= 11 is 1.20. The zero-order valence-corrected chi connectivity index (χ0v) is 21.8. The number of anilines is 1. The van der Waals surface area contributed by atoms with Crippen molar-refractivity contribution in [2.45, 2.75) is 26.9 Å². The van der Waals surface area contributed by atoms with Gasteiger partial charge in [-0.05, 0) is 43.2 Å². The highest BCUT2D eigenvalue weighted by molar-refractivity contribution is 7.16. The van der Waals surface area contributed by atoms with Crippen LogP contribution >= 0.6 is 11.3 Å². The van der Waals surface area contributed by atoms with Crippen molar-refractivity contribution in [2.75, 3.05) is 18.0 Å². The summed E-state index contributed by atoms with van der Waals surface area (Å²) in [6.45, 7) is 7.24. The van der Waals surface area contributed by atoms with Crippen LogP contribution in [0.25, 0.3) is 0 Å². The lowest BCUT2D eigenvalue weighted by atomic mass is 10.1. The number of rotatable bonds is 9. The molecule has 0 saturated carbocycles. The van der Waals surface area contributed by atoms with Crippen molar-refractivity contribution in [3.8, 4) is 12.1 Å². The van der Waals surface area contributed by atoms with E-state index in [4.69, 9.17) is 0 Å². The van der Waals surface area contributed by atoms with E-state index in [0.717, 1.165) is 43.1 Å². The van der Waals surface area contributed by atoms with Crippen molar-refractivity contribution in [2.24, 2.45) is 24.3 Å². The predicted octanol–water partition coefficient (Wildman–Crippen LogP) is 3.98. The topological polar surface area (TPSA) is 93.2 Å². The number of nitrogens with zero attached hydrogens (tertiary/aromatic N) is 9. The molecule has 4 rings (SSSR count). The smallest absolute Gasteiger partial charge is 0.243 e. The molecule has 0 aliphatic carbocycles. The van der Waals surface area contributed by atoms with E-state index in [1.165, 1.54) is 11.3 Å². The number of nitriles is 2. The monoisotopic (exact) mass is 499 g/mol. The summed E-state index contributed by atoms with van der Waals surface area (Å²) in [5, 5.41) is 27.9. The summed E-state index contributed by atoms with van der Waals surface area (Å²) in [6.07, 6.45) is 12.4. The molecule has 0 fully saturated rings. The normalized spacial score (nSPS) is 11.1. The minimum atomic E-state index is 0.414. The molecule has 36 heavy (non-hydrogen) atoms. The van der Waals surface area contributed by atoms with E-state index in [0.29, 0.717) is 21.0 Å². The van der Waals surface area contributed by atoms with Gasteiger partial charge >= 0.3 is 0 Å². The minimum absolute atomic E-state index is 0.414. The minimum Gasteiger partial charge on any atom is -0.364 e. The second-order valence-corrected chi connectivity index (χ2v) is 9.75. The first kappa shape index (κ1) is 24.8. The van der Waals surface area contributed by atoms with Gasteiger partial charge < -0.3 is 4.90 Å². The quantitative estimate of drug-likeness (QED) is 0.258. The van der Waals surface area contributed by atoms with Crippen LogP contribution in [0, 0.1) is 36.5 Å². The summed E-state index contributed by atoms with van der Waals surface area (Å²) in [5.74, 6) is 0. The Morgan fingerprint density at radius 3 is 2.08 bits per heavy atom. The largest absolute Gasteiger partial charge is 0.364 e. The van der Waals surface area contributed by atoms with E-state index in [1.54, 1.807) is 6.92 Å². The Morgan fingerprint density at radius 2 is 1.58 bits per heavy atom. The Hall–Kier alpha value is -4.28. The lowest BCUT2D eigenvalue weighted by Gasteiger charge is -2.24. The van der Waals surface area contributed by atoms with Crippen LogP contribution in [0.15, 0.2) is 65.9 Å². The molecule has 10 heteroatoms. The van der Waals surface area contributed by atoms with Crippen LogP contribution in [0.3, 0.4) is 0 Å². The highest BCUT2D eigenvalue weighted by Gasteiger charge is 2.15. The molecule has 9 nitrogen and oxygen atoms in total. The molecule has 3 heterocycles. The molecule has 1 aromatic carbocycles. The first-order valence-corrected chi connectivity index (χ1v) is 12.4. The molecular weight excluding hydrogens is 470 g/mol. The summed E-state index contributed by atoms with van der Waals surface area (Å²) < 4.78 is 8.45.